The van der Waals surface area contributed by atoms with Crippen molar-refractivity contribution in [1.82, 2.24) is 10.2 Å². The van der Waals surface area contributed by atoms with E-state index in [0.29, 0.717) is 0 Å². The van der Waals surface area contributed by atoms with E-state index in [4.69, 9.17) is 0 Å². The molecule has 2 rings (SSSR count). The molecule has 1 aromatic heterocycles. The van der Waals surface area contributed by atoms with E-state index in [1.54, 1.807) is 6.20 Å². The van der Waals surface area contributed by atoms with Crippen LogP contribution in [0.15, 0.2) is 18.3 Å². The molecule has 0 aliphatic heterocycles. The summed E-state index contributed by atoms with van der Waals surface area (Å²) in [7, 11) is 0. The Bertz CT molecular complexity index is 254. The maximum absolute atomic E-state index is 3.98. The second-order valence-corrected chi connectivity index (χ2v) is 3.65. The number of hydrogen-bond acceptors (Lipinski definition) is 3. The van der Waals surface area contributed by atoms with Crippen LogP contribution >= 0.6 is 0 Å². The molecular weight excluding hydrogens is 150 g/mol. The first kappa shape index (κ1) is 7.53. The van der Waals surface area contributed by atoms with E-state index in [0.717, 1.165) is 5.82 Å². The maximum Gasteiger partial charge on any atom is 0.149 e. The Kier molecular flexibility index (Phi) is 1.71. The van der Waals surface area contributed by atoms with Crippen molar-refractivity contribution in [2.45, 2.75) is 31.7 Å². The molecule has 1 N–H and O–H groups in total. The molecule has 0 radical (unpaired) electrons. The lowest BCUT2D eigenvalue weighted by molar-refractivity contribution is 0.305. The summed E-state index contributed by atoms with van der Waals surface area (Å²) >= 11 is 0. The first-order valence-corrected chi connectivity index (χ1v) is 4.34. The molecular formula is C9H13N3. The highest BCUT2D eigenvalue weighted by molar-refractivity contribution is 5.36. The van der Waals surface area contributed by atoms with Crippen LogP contribution < -0.4 is 5.32 Å². The van der Waals surface area contributed by atoms with E-state index in [2.05, 4.69) is 22.4 Å². The smallest absolute Gasteiger partial charge is 0.149 e. The van der Waals surface area contributed by atoms with Gasteiger partial charge >= 0.3 is 0 Å². The molecule has 0 aromatic carbocycles. The highest BCUT2D eigenvalue weighted by atomic mass is 15.2. The predicted molar refractivity (Wildman–Crippen MR) is 47.9 cm³/mol. The molecule has 64 valence electrons. The van der Waals surface area contributed by atoms with Crippen LogP contribution in [0.1, 0.15) is 26.2 Å². The van der Waals surface area contributed by atoms with E-state index in [1.165, 1.54) is 19.3 Å². The molecule has 12 heavy (non-hydrogen) atoms. The third-order valence-corrected chi connectivity index (χ3v) is 2.46. The van der Waals surface area contributed by atoms with Gasteiger partial charge in [0.25, 0.3) is 0 Å². The van der Waals surface area contributed by atoms with Gasteiger partial charge in [0.05, 0.1) is 0 Å². The number of nitrogens with zero attached hydrogens (tertiary/aromatic N) is 2. The Morgan fingerprint density at radius 1 is 1.50 bits per heavy atom. The minimum absolute atomic E-state index is 0.274. The van der Waals surface area contributed by atoms with Crippen LogP contribution in [-0.2, 0) is 0 Å². The molecule has 3 nitrogen and oxygen atoms in total. The largest absolute Gasteiger partial charge is 0.363 e. The summed E-state index contributed by atoms with van der Waals surface area (Å²) in [5, 5.41) is 11.2. The van der Waals surface area contributed by atoms with Crippen molar-refractivity contribution in [2.24, 2.45) is 0 Å². The van der Waals surface area contributed by atoms with E-state index in [1.807, 2.05) is 12.1 Å². The molecule has 1 aliphatic carbocycles. The average Bonchev–Trinajstić information content (AvgIpc) is 2.04. The number of anilines is 1. The molecule has 0 bridgehead atoms. The minimum Gasteiger partial charge on any atom is -0.363 e. The third kappa shape index (κ3) is 1.40. The summed E-state index contributed by atoms with van der Waals surface area (Å²) < 4.78 is 0. The van der Waals surface area contributed by atoms with Crippen molar-refractivity contribution >= 4 is 5.82 Å². The van der Waals surface area contributed by atoms with Crippen LogP contribution in [0.2, 0.25) is 0 Å². The van der Waals surface area contributed by atoms with E-state index < -0.39 is 0 Å². The standard InChI is InChI=1S/C9H13N3/c1-9(5-3-6-9)11-8-4-2-7-10-12-8/h2,4,7H,3,5-6H2,1H3,(H,11,12). The van der Waals surface area contributed by atoms with Gasteiger partial charge in [-0.15, -0.1) is 5.10 Å². The highest BCUT2D eigenvalue weighted by Crippen LogP contribution is 2.33. The third-order valence-electron chi connectivity index (χ3n) is 2.46. The van der Waals surface area contributed by atoms with Gasteiger partial charge in [-0.1, -0.05) is 0 Å². The molecule has 1 aliphatic rings. The van der Waals surface area contributed by atoms with Crippen molar-refractivity contribution in [2.75, 3.05) is 5.32 Å². The van der Waals surface area contributed by atoms with Crippen LogP contribution in [-0.4, -0.2) is 15.7 Å². The SMILES string of the molecule is CC1(Nc2cccnn2)CCC1. The monoisotopic (exact) mass is 163 g/mol. The lowest BCUT2D eigenvalue weighted by Gasteiger charge is -2.39. The minimum atomic E-state index is 0.274. The second kappa shape index (κ2) is 2.73. The molecule has 1 heterocycles. The van der Waals surface area contributed by atoms with Gasteiger partial charge in [0.15, 0.2) is 0 Å². The second-order valence-electron chi connectivity index (χ2n) is 3.65. The van der Waals surface area contributed by atoms with Crippen molar-refractivity contribution in [1.29, 1.82) is 0 Å². The lowest BCUT2D eigenvalue weighted by atomic mass is 9.78. The van der Waals surface area contributed by atoms with Gasteiger partial charge in [-0.3, -0.25) is 0 Å². The van der Waals surface area contributed by atoms with Gasteiger partial charge < -0.3 is 5.32 Å². The lowest BCUT2D eigenvalue weighted by Crippen LogP contribution is -2.41. The fraction of sp³-hybridized carbons (Fsp3) is 0.556. The van der Waals surface area contributed by atoms with Gasteiger partial charge in [0.2, 0.25) is 0 Å². The summed E-state index contributed by atoms with van der Waals surface area (Å²) in [4.78, 5) is 0. The molecule has 0 spiro atoms. The molecule has 3 heteroatoms. The molecule has 1 saturated carbocycles. The summed E-state index contributed by atoms with van der Waals surface area (Å²) in [5.74, 6) is 0.889. The van der Waals surface area contributed by atoms with Crippen LogP contribution in [0, 0.1) is 0 Å². The van der Waals surface area contributed by atoms with E-state index in [9.17, 15) is 0 Å². The topological polar surface area (TPSA) is 37.8 Å². The van der Waals surface area contributed by atoms with Gasteiger partial charge in [0.1, 0.15) is 5.82 Å². The molecule has 0 saturated heterocycles. The molecule has 1 aromatic rings. The van der Waals surface area contributed by atoms with Crippen LogP contribution in [0.4, 0.5) is 5.82 Å². The Morgan fingerprint density at radius 3 is 2.83 bits per heavy atom. The number of aromatic nitrogens is 2. The first-order chi connectivity index (χ1) is 5.79. The Balaban J connectivity index is 2.04. The quantitative estimate of drug-likeness (QED) is 0.722. The molecule has 0 amide bonds. The fourth-order valence-electron chi connectivity index (χ4n) is 1.51. The average molecular weight is 163 g/mol. The van der Waals surface area contributed by atoms with Crippen LogP contribution in [0.3, 0.4) is 0 Å². The number of hydrogen-bond donors (Lipinski definition) is 1. The van der Waals surface area contributed by atoms with Gasteiger partial charge in [0, 0.05) is 11.7 Å². The fourth-order valence-corrected chi connectivity index (χ4v) is 1.51. The first-order valence-electron chi connectivity index (χ1n) is 4.34. The zero-order chi connectivity index (χ0) is 8.44. The van der Waals surface area contributed by atoms with E-state index >= 15 is 0 Å². The zero-order valence-corrected chi connectivity index (χ0v) is 7.25. The zero-order valence-electron chi connectivity index (χ0n) is 7.25. The predicted octanol–water partition coefficient (Wildman–Crippen LogP) is 1.83. The molecule has 0 unspecified atom stereocenters. The van der Waals surface area contributed by atoms with Gasteiger partial charge in [-0.25, -0.2) is 0 Å². The van der Waals surface area contributed by atoms with Gasteiger partial charge in [-0.05, 0) is 38.3 Å². The normalized spacial score (nSPS) is 19.8. The van der Waals surface area contributed by atoms with Crippen molar-refractivity contribution < 1.29 is 0 Å². The number of nitrogens with one attached hydrogen (secondary N) is 1. The number of rotatable bonds is 2. The summed E-state index contributed by atoms with van der Waals surface area (Å²) in [5.41, 5.74) is 0.274. The van der Waals surface area contributed by atoms with Gasteiger partial charge in [-0.2, -0.15) is 5.10 Å². The van der Waals surface area contributed by atoms with Crippen molar-refractivity contribution in [3.63, 3.8) is 0 Å². The molecule has 1 fully saturated rings. The Labute approximate surface area is 72.2 Å². The highest BCUT2D eigenvalue weighted by Gasteiger charge is 2.31. The summed E-state index contributed by atoms with van der Waals surface area (Å²) in [6, 6.07) is 3.86. The maximum atomic E-state index is 3.98. The van der Waals surface area contributed by atoms with Crippen LogP contribution in [0.25, 0.3) is 0 Å². The summed E-state index contributed by atoms with van der Waals surface area (Å²) in [6.45, 7) is 2.23. The Morgan fingerprint density at radius 2 is 2.33 bits per heavy atom. The van der Waals surface area contributed by atoms with Crippen molar-refractivity contribution in [3.8, 4) is 0 Å². The Hall–Kier alpha value is -1.12. The van der Waals surface area contributed by atoms with Crippen LogP contribution in [0.5, 0.6) is 0 Å². The van der Waals surface area contributed by atoms with Crippen molar-refractivity contribution in [3.05, 3.63) is 18.3 Å². The summed E-state index contributed by atoms with van der Waals surface area (Å²) in [6.07, 6.45) is 5.49. The molecule has 0 atom stereocenters. The van der Waals surface area contributed by atoms with E-state index in [-0.39, 0.29) is 5.54 Å².